The summed E-state index contributed by atoms with van der Waals surface area (Å²) in [7, 11) is 2.12. The van der Waals surface area contributed by atoms with E-state index in [1.54, 1.807) is 6.92 Å². The zero-order chi connectivity index (χ0) is 13.1. The van der Waals surface area contributed by atoms with Crippen LogP contribution in [0.15, 0.2) is 18.2 Å². The quantitative estimate of drug-likeness (QED) is 0.889. The standard InChI is InChI=1S/C15H22ClNO/c1-11(18)12-8-9-15(14(16)10-12)17(2)13-6-4-3-5-7-13/h8-11,13,18H,3-7H2,1-2H3/t11-/m1/s1. The van der Waals surface area contributed by atoms with Gasteiger partial charge in [0.05, 0.1) is 16.8 Å². The third kappa shape index (κ3) is 2.99. The van der Waals surface area contributed by atoms with E-state index in [2.05, 4.69) is 11.9 Å². The van der Waals surface area contributed by atoms with Crippen molar-refractivity contribution in [2.24, 2.45) is 0 Å². The lowest BCUT2D eigenvalue weighted by Gasteiger charge is -2.33. The number of benzene rings is 1. The van der Waals surface area contributed by atoms with Crippen molar-refractivity contribution in [2.45, 2.75) is 51.2 Å². The molecule has 0 unspecified atom stereocenters. The first-order chi connectivity index (χ1) is 8.59. The van der Waals surface area contributed by atoms with E-state index in [1.807, 2.05) is 18.2 Å². The molecule has 1 atom stereocenters. The second-order valence-corrected chi connectivity index (χ2v) is 5.70. The number of rotatable bonds is 3. The van der Waals surface area contributed by atoms with E-state index in [1.165, 1.54) is 32.1 Å². The maximum atomic E-state index is 9.55. The number of hydrogen-bond acceptors (Lipinski definition) is 2. The smallest absolute Gasteiger partial charge is 0.0762 e. The summed E-state index contributed by atoms with van der Waals surface area (Å²) in [4.78, 5) is 2.30. The monoisotopic (exact) mass is 267 g/mol. The van der Waals surface area contributed by atoms with Crippen molar-refractivity contribution in [3.63, 3.8) is 0 Å². The molecule has 1 N–H and O–H groups in total. The molecule has 0 amide bonds. The van der Waals surface area contributed by atoms with E-state index in [9.17, 15) is 5.11 Å². The molecule has 0 radical (unpaired) electrons. The van der Waals surface area contributed by atoms with Crippen molar-refractivity contribution in [1.82, 2.24) is 0 Å². The van der Waals surface area contributed by atoms with Crippen LogP contribution < -0.4 is 4.90 Å². The molecular weight excluding hydrogens is 246 g/mol. The minimum atomic E-state index is -0.462. The van der Waals surface area contributed by atoms with Gasteiger partial charge in [0.1, 0.15) is 0 Å². The maximum Gasteiger partial charge on any atom is 0.0762 e. The third-order valence-corrected chi connectivity index (χ3v) is 4.26. The average molecular weight is 268 g/mol. The first-order valence-electron chi connectivity index (χ1n) is 6.80. The van der Waals surface area contributed by atoms with Gasteiger partial charge in [0, 0.05) is 13.1 Å². The van der Waals surface area contributed by atoms with Gasteiger partial charge in [-0.15, -0.1) is 0 Å². The minimum Gasteiger partial charge on any atom is -0.389 e. The lowest BCUT2D eigenvalue weighted by Crippen LogP contribution is -2.33. The van der Waals surface area contributed by atoms with Gasteiger partial charge in [0.15, 0.2) is 0 Å². The first-order valence-corrected chi connectivity index (χ1v) is 7.17. The number of nitrogens with zero attached hydrogens (tertiary/aromatic N) is 1. The largest absolute Gasteiger partial charge is 0.389 e. The van der Waals surface area contributed by atoms with Gasteiger partial charge in [-0.05, 0) is 37.5 Å². The summed E-state index contributed by atoms with van der Waals surface area (Å²) in [5, 5.41) is 10.3. The number of hydrogen-bond donors (Lipinski definition) is 1. The average Bonchev–Trinajstić information content (AvgIpc) is 2.38. The lowest BCUT2D eigenvalue weighted by atomic mass is 9.94. The molecular formula is C15H22ClNO. The molecule has 0 aromatic heterocycles. The van der Waals surface area contributed by atoms with Gasteiger partial charge in [-0.3, -0.25) is 0 Å². The van der Waals surface area contributed by atoms with Crippen LogP contribution >= 0.6 is 11.6 Å². The summed E-state index contributed by atoms with van der Waals surface area (Å²) in [6.45, 7) is 1.76. The number of aliphatic hydroxyl groups excluding tert-OH is 1. The predicted molar refractivity (Wildman–Crippen MR) is 77.4 cm³/mol. The summed E-state index contributed by atoms with van der Waals surface area (Å²) in [5.41, 5.74) is 1.95. The van der Waals surface area contributed by atoms with Crippen molar-refractivity contribution >= 4 is 17.3 Å². The van der Waals surface area contributed by atoms with Crippen LogP contribution in [0.5, 0.6) is 0 Å². The fourth-order valence-electron chi connectivity index (χ4n) is 2.73. The highest BCUT2D eigenvalue weighted by Crippen LogP contribution is 2.32. The third-order valence-electron chi connectivity index (χ3n) is 3.96. The molecule has 1 saturated carbocycles. The maximum absolute atomic E-state index is 9.55. The molecule has 0 spiro atoms. The summed E-state index contributed by atoms with van der Waals surface area (Å²) >= 11 is 6.33. The number of anilines is 1. The predicted octanol–water partition coefficient (Wildman–Crippen LogP) is 4.16. The zero-order valence-electron chi connectivity index (χ0n) is 11.2. The van der Waals surface area contributed by atoms with E-state index in [0.29, 0.717) is 6.04 Å². The van der Waals surface area contributed by atoms with Crippen molar-refractivity contribution in [3.8, 4) is 0 Å². The van der Waals surface area contributed by atoms with E-state index < -0.39 is 6.10 Å². The summed E-state index contributed by atoms with van der Waals surface area (Å²) < 4.78 is 0. The van der Waals surface area contributed by atoms with Crippen molar-refractivity contribution in [2.75, 3.05) is 11.9 Å². The molecule has 2 rings (SSSR count). The van der Waals surface area contributed by atoms with Crippen LogP contribution in [0.2, 0.25) is 5.02 Å². The van der Waals surface area contributed by atoms with Crippen LogP contribution in [0.25, 0.3) is 0 Å². The fourth-order valence-corrected chi connectivity index (χ4v) is 3.06. The van der Waals surface area contributed by atoms with Gasteiger partial charge in [-0.2, -0.15) is 0 Å². The number of aliphatic hydroxyl groups is 1. The van der Waals surface area contributed by atoms with Gasteiger partial charge in [-0.1, -0.05) is 36.9 Å². The normalized spacial score (nSPS) is 18.7. The molecule has 100 valence electrons. The topological polar surface area (TPSA) is 23.5 Å². The zero-order valence-corrected chi connectivity index (χ0v) is 12.0. The van der Waals surface area contributed by atoms with Gasteiger partial charge in [-0.25, -0.2) is 0 Å². The van der Waals surface area contributed by atoms with Gasteiger partial charge < -0.3 is 10.0 Å². The lowest BCUT2D eigenvalue weighted by molar-refractivity contribution is 0.199. The van der Waals surface area contributed by atoms with Crippen LogP contribution in [-0.2, 0) is 0 Å². The Bertz CT molecular complexity index is 399. The Morgan fingerprint density at radius 2 is 1.94 bits per heavy atom. The molecule has 0 saturated heterocycles. The Balaban J connectivity index is 2.16. The Labute approximate surface area is 115 Å². The number of halogens is 1. The molecule has 1 aliphatic carbocycles. The highest BCUT2D eigenvalue weighted by molar-refractivity contribution is 6.33. The van der Waals surface area contributed by atoms with Gasteiger partial charge in [0.25, 0.3) is 0 Å². The van der Waals surface area contributed by atoms with E-state index in [4.69, 9.17) is 11.6 Å². The Kier molecular flexibility index (Phi) is 4.52. The van der Waals surface area contributed by atoms with Gasteiger partial charge in [0.2, 0.25) is 0 Å². The molecule has 1 aliphatic rings. The minimum absolute atomic E-state index is 0.462. The Hall–Kier alpha value is -0.730. The van der Waals surface area contributed by atoms with E-state index in [0.717, 1.165) is 16.3 Å². The summed E-state index contributed by atoms with van der Waals surface area (Å²) in [6.07, 6.45) is 6.04. The van der Waals surface area contributed by atoms with Crippen LogP contribution in [0.4, 0.5) is 5.69 Å². The molecule has 0 heterocycles. The second-order valence-electron chi connectivity index (χ2n) is 5.29. The van der Waals surface area contributed by atoms with E-state index >= 15 is 0 Å². The van der Waals surface area contributed by atoms with Crippen LogP contribution in [-0.4, -0.2) is 18.2 Å². The molecule has 1 fully saturated rings. The highest BCUT2D eigenvalue weighted by atomic mass is 35.5. The van der Waals surface area contributed by atoms with Gasteiger partial charge >= 0.3 is 0 Å². The Morgan fingerprint density at radius 3 is 2.50 bits per heavy atom. The first kappa shape index (κ1) is 13.7. The molecule has 0 bridgehead atoms. The Morgan fingerprint density at radius 1 is 1.28 bits per heavy atom. The summed E-state index contributed by atoms with van der Waals surface area (Å²) in [5.74, 6) is 0. The van der Waals surface area contributed by atoms with Crippen LogP contribution in [0.1, 0.15) is 50.7 Å². The molecule has 18 heavy (non-hydrogen) atoms. The second kappa shape index (κ2) is 5.94. The molecule has 1 aromatic rings. The molecule has 2 nitrogen and oxygen atoms in total. The highest BCUT2D eigenvalue weighted by Gasteiger charge is 2.20. The summed E-state index contributed by atoms with van der Waals surface area (Å²) in [6, 6.07) is 6.47. The van der Waals surface area contributed by atoms with Crippen LogP contribution in [0.3, 0.4) is 0 Å². The fraction of sp³-hybridized carbons (Fsp3) is 0.600. The van der Waals surface area contributed by atoms with Crippen LogP contribution in [0, 0.1) is 0 Å². The molecule has 3 heteroatoms. The molecule has 0 aliphatic heterocycles. The molecule has 1 aromatic carbocycles. The van der Waals surface area contributed by atoms with Crippen molar-refractivity contribution in [3.05, 3.63) is 28.8 Å². The van der Waals surface area contributed by atoms with Crippen molar-refractivity contribution in [1.29, 1.82) is 0 Å². The van der Waals surface area contributed by atoms with Crippen molar-refractivity contribution < 1.29 is 5.11 Å². The van der Waals surface area contributed by atoms with E-state index in [-0.39, 0.29) is 0 Å². The SMILES string of the molecule is C[C@@H](O)c1ccc(N(C)C2CCCCC2)c(Cl)c1.